The zero-order valence-corrected chi connectivity index (χ0v) is 16.0. The highest BCUT2D eigenvalue weighted by atomic mass is 32.2. The van der Waals surface area contributed by atoms with E-state index in [4.69, 9.17) is 4.74 Å². The highest BCUT2D eigenvalue weighted by Crippen LogP contribution is 2.24. The van der Waals surface area contributed by atoms with Gasteiger partial charge >= 0.3 is 0 Å². The van der Waals surface area contributed by atoms with Gasteiger partial charge in [-0.25, -0.2) is 0 Å². The molecular weight excluding hydrogens is 348 g/mol. The number of rotatable bonds is 5. The molecule has 140 valence electrons. The quantitative estimate of drug-likeness (QED) is 0.744. The maximum Gasteiger partial charge on any atom is 0.247 e. The molecule has 3 rings (SSSR count). The number of hydrogen-bond acceptors (Lipinski definition) is 4. The van der Waals surface area contributed by atoms with Gasteiger partial charge in [-0.3, -0.25) is 9.59 Å². The molecule has 26 heavy (non-hydrogen) atoms. The Kier molecular flexibility index (Phi) is 6.61. The number of benzene rings is 1. The zero-order valence-electron chi connectivity index (χ0n) is 15.2. The number of carbonyl (C=O) groups excluding carboxylic acids is 2. The SMILES string of the molecule is CCOc1ccc(/C=C/C(=O)N2CSCC2C(=O)N2CCCCC2)cc1. The molecule has 0 spiro atoms. The van der Waals surface area contributed by atoms with Crippen LogP contribution < -0.4 is 4.74 Å². The number of nitrogens with zero attached hydrogens (tertiary/aromatic N) is 2. The minimum atomic E-state index is -0.324. The topological polar surface area (TPSA) is 49.9 Å². The van der Waals surface area contributed by atoms with E-state index in [2.05, 4.69) is 0 Å². The van der Waals surface area contributed by atoms with Crippen LogP contribution >= 0.6 is 11.8 Å². The summed E-state index contributed by atoms with van der Waals surface area (Å²) in [6.07, 6.45) is 6.69. The fourth-order valence-corrected chi connectivity index (χ4v) is 4.45. The van der Waals surface area contributed by atoms with Crippen molar-refractivity contribution in [3.8, 4) is 5.75 Å². The molecule has 5 nitrogen and oxygen atoms in total. The molecule has 2 saturated heterocycles. The van der Waals surface area contributed by atoms with Gasteiger partial charge in [0.15, 0.2) is 0 Å². The van der Waals surface area contributed by atoms with Crippen LogP contribution in [-0.2, 0) is 9.59 Å². The minimum Gasteiger partial charge on any atom is -0.494 e. The molecule has 0 saturated carbocycles. The lowest BCUT2D eigenvalue weighted by Gasteiger charge is -2.31. The van der Waals surface area contributed by atoms with E-state index in [9.17, 15) is 9.59 Å². The fraction of sp³-hybridized carbons (Fsp3) is 0.500. The molecule has 1 aromatic carbocycles. The number of ether oxygens (including phenoxy) is 1. The van der Waals surface area contributed by atoms with Gasteiger partial charge in [-0.2, -0.15) is 0 Å². The normalized spacial score (nSPS) is 20.6. The van der Waals surface area contributed by atoms with Crippen molar-refractivity contribution in [3.63, 3.8) is 0 Å². The van der Waals surface area contributed by atoms with Crippen LogP contribution in [0.3, 0.4) is 0 Å². The number of amides is 2. The Morgan fingerprint density at radius 3 is 2.62 bits per heavy atom. The molecule has 2 aliphatic rings. The molecule has 1 unspecified atom stereocenters. The molecule has 0 radical (unpaired) electrons. The van der Waals surface area contributed by atoms with Crippen molar-refractivity contribution in [2.45, 2.75) is 32.2 Å². The second kappa shape index (κ2) is 9.12. The summed E-state index contributed by atoms with van der Waals surface area (Å²) in [4.78, 5) is 29.0. The van der Waals surface area contributed by atoms with E-state index >= 15 is 0 Å². The molecule has 2 amide bonds. The molecule has 6 heteroatoms. The van der Waals surface area contributed by atoms with Gasteiger partial charge in [0.2, 0.25) is 11.8 Å². The minimum absolute atomic E-state index is 0.0979. The molecule has 0 N–H and O–H groups in total. The number of hydrogen-bond donors (Lipinski definition) is 0. The first kappa shape index (κ1) is 18.8. The Balaban J connectivity index is 1.61. The predicted molar refractivity (Wildman–Crippen MR) is 105 cm³/mol. The first-order valence-corrected chi connectivity index (χ1v) is 10.4. The standard InChI is InChI=1S/C20H26N2O3S/c1-2-25-17-9-6-16(7-10-17)8-11-19(23)22-15-26-14-18(22)20(24)21-12-4-3-5-13-21/h6-11,18H,2-5,12-15H2,1H3/b11-8+. The van der Waals surface area contributed by atoms with Crippen molar-refractivity contribution in [1.29, 1.82) is 0 Å². The third-order valence-electron chi connectivity index (χ3n) is 4.73. The summed E-state index contributed by atoms with van der Waals surface area (Å²) in [5.41, 5.74) is 0.938. The maximum absolute atomic E-state index is 12.8. The van der Waals surface area contributed by atoms with Crippen LogP contribution in [0, 0.1) is 0 Å². The number of piperidine rings is 1. The van der Waals surface area contributed by atoms with Gasteiger partial charge in [-0.15, -0.1) is 11.8 Å². The second-order valence-corrected chi connectivity index (χ2v) is 7.54. The summed E-state index contributed by atoms with van der Waals surface area (Å²) >= 11 is 1.65. The second-order valence-electron chi connectivity index (χ2n) is 6.55. The number of thioether (sulfide) groups is 1. The molecule has 0 aromatic heterocycles. The van der Waals surface area contributed by atoms with Gasteiger partial charge < -0.3 is 14.5 Å². The van der Waals surface area contributed by atoms with Crippen molar-refractivity contribution >= 4 is 29.7 Å². The number of likely N-dealkylation sites (tertiary alicyclic amines) is 1. The van der Waals surface area contributed by atoms with Crippen LogP contribution in [0.15, 0.2) is 30.3 Å². The van der Waals surface area contributed by atoms with Crippen molar-refractivity contribution < 1.29 is 14.3 Å². The van der Waals surface area contributed by atoms with Crippen molar-refractivity contribution in [2.75, 3.05) is 31.3 Å². The summed E-state index contributed by atoms with van der Waals surface area (Å²) in [6.45, 7) is 4.23. The molecule has 1 aromatic rings. The Hall–Kier alpha value is -1.95. The van der Waals surface area contributed by atoms with Gasteiger partial charge in [0, 0.05) is 24.9 Å². The van der Waals surface area contributed by atoms with E-state index in [0.29, 0.717) is 18.2 Å². The van der Waals surface area contributed by atoms with Gasteiger partial charge in [0.25, 0.3) is 0 Å². The average Bonchev–Trinajstić information content (AvgIpc) is 3.17. The first-order chi connectivity index (χ1) is 12.7. The van der Waals surface area contributed by atoms with Crippen molar-refractivity contribution in [2.24, 2.45) is 0 Å². The Morgan fingerprint density at radius 2 is 1.92 bits per heavy atom. The summed E-state index contributed by atoms with van der Waals surface area (Å²) in [7, 11) is 0. The highest BCUT2D eigenvalue weighted by Gasteiger charge is 2.36. The third-order valence-corrected chi connectivity index (χ3v) is 5.74. The predicted octanol–water partition coefficient (Wildman–Crippen LogP) is 3.01. The molecule has 1 atom stereocenters. The monoisotopic (exact) mass is 374 g/mol. The smallest absolute Gasteiger partial charge is 0.247 e. The van der Waals surface area contributed by atoms with Gasteiger partial charge in [-0.1, -0.05) is 12.1 Å². The average molecular weight is 375 g/mol. The van der Waals surface area contributed by atoms with Crippen LogP contribution in [0.4, 0.5) is 0 Å². The molecule has 2 heterocycles. The van der Waals surface area contributed by atoms with Crippen LogP contribution in [0.1, 0.15) is 31.7 Å². The molecular formula is C20H26N2O3S. The summed E-state index contributed by atoms with van der Waals surface area (Å²) < 4.78 is 5.42. The van der Waals surface area contributed by atoms with Crippen LogP contribution in [0.25, 0.3) is 6.08 Å². The Labute approximate surface area is 159 Å². The first-order valence-electron chi connectivity index (χ1n) is 9.27. The Bertz CT molecular complexity index is 654. The third kappa shape index (κ3) is 4.61. The number of carbonyl (C=O) groups is 2. The van der Waals surface area contributed by atoms with Crippen molar-refractivity contribution in [3.05, 3.63) is 35.9 Å². The summed E-state index contributed by atoms with van der Waals surface area (Å²) in [6, 6.07) is 7.30. The zero-order chi connectivity index (χ0) is 18.4. The Morgan fingerprint density at radius 1 is 1.19 bits per heavy atom. The largest absolute Gasteiger partial charge is 0.494 e. The van der Waals surface area contributed by atoms with Crippen LogP contribution in [-0.4, -0.2) is 59.0 Å². The highest BCUT2D eigenvalue weighted by molar-refractivity contribution is 7.99. The van der Waals surface area contributed by atoms with E-state index < -0.39 is 0 Å². The van der Waals surface area contributed by atoms with Gasteiger partial charge in [-0.05, 0) is 50.0 Å². The lowest BCUT2D eigenvalue weighted by molar-refractivity contribution is -0.141. The summed E-state index contributed by atoms with van der Waals surface area (Å²) in [5, 5.41) is 0. The van der Waals surface area contributed by atoms with Crippen molar-refractivity contribution in [1.82, 2.24) is 9.80 Å². The van der Waals surface area contributed by atoms with Crippen LogP contribution in [0.2, 0.25) is 0 Å². The molecule has 0 aliphatic carbocycles. The van der Waals surface area contributed by atoms with E-state index in [0.717, 1.165) is 37.2 Å². The van der Waals surface area contributed by atoms with E-state index in [1.54, 1.807) is 28.8 Å². The molecule has 0 bridgehead atoms. The van der Waals surface area contributed by atoms with E-state index in [1.165, 1.54) is 6.42 Å². The van der Waals surface area contributed by atoms with Crippen LogP contribution in [0.5, 0.6) is 5.75 Å². The summed E-state index contributed by atoms with van der Waals surface area (Å²) in [5.74, 6) is 2.10. The lowest BCUT2D eigenvalue weighted by atomic mass is 10.1. The maximum atomic E-state index is 12.8. The molecule has 2 aliphatic heterocycles. The van der Waals surface area contributed by atoms with Gasteiger partial charge in [0.1, 0.15) is 11.8 Å². The van der Waals surface area contributed by atoms with Gasteiger partial charge in [0.05, 0.1) is 12.5 Å². The van der Waals surface area contributed by atoms with E-state index in [1.807, 2.05) is 36.1 Å². The van der Waals surface area contributed by atoms with E-state index in [-0.39, 0.29) is 17.9 Å². The fourth-order valence-electron chi connectivity index (χ4n) is 3.29. The molecule has 2 fully saturated rings. The lowest BCUT2D eigenvalue weighted by Crippen LogP contribution is -2.50.